The number of carboxylic acids is 1. The van der Waals surface area contributed by atoms with Gasteiger partial charge in [0.05, 0.1) is 37.5 Å². The first-order valence-corrected chi connectivity index (χ1v) is 9.34. The number of phenols is 1. The van der Waals surface area contributed by atoms with Crippen LogP contribution in [0, 0.1) is 0 Å². The maximum Gasteiger partial charge on any atom is 0.338 e. The zero-order chi connectivity index (χ0) is 21.8. The molecule has 3 rings (SSSR count). The number of thioether (sulfide) groups is 1. The molecule has 30 heavy (non-hydrogen) atoms. The van der Waals surface area contributed by atoms with Gasteiger partial charge in [-0.2, -0.15) is 0 Å². The molecule has 0 aliphatic carbocycles. The van der Waals surface area contributed by atoms with Crippen molar-refractivity contribution in [2.45, 2.75) is 0 Å². The number of phenolic OH excluding ortho intramolecular Hbond substituents is 1. The van der Waals surface area contributed by atoms with Gasteiger partial charge in [-0.3, -0.25) is 4.79 Å². The minimum absolute atomic E-state index is 0.0911. The average molecular weight is 430 g/mol. The maximum atomic E-state index is 12.3. The van der Waals surface area contributed by atoms with Gasteiger partial charge in [-0.15, -0.1) is 0 Å². The molecule has 1 saturated heterocycles. The molecule has 2 aromatic rings. The first-order valence-electron chi connectivity index (χ1n) is 8.52. The topological polar surface area (TPSA) is 127 Å². The fourth-order valence-corrected chi connectivity index (χ4v) is 3.51. The summed E-state index contributed by atoms with van der Waals surface area (Å²) in [6.45, 7) is 0. The summed E-state index contributed by atoms with van der Waals surface area (Å²) in [5.74, 6) is -0.915. The van der Waals surface area contributed by atoms with E-state index < -0.39 is 11.9 Å². The molecule has 0 radical (unpaired) electrons. The second kappa shape index (κ2) is 8.78. The molecule has 1 heterocycles. The third-order valence-electron chi connectivity index (χ3n) is 4.14. The second-order valence-corrected chi connectivity index (χ2v) is 6.94. The summed E-state index contributed by atoms with van der Waals surface area (Å²) >= 11 is 1.01. The zero-order valence-corrected chi connectivity index (χ0v) is 17.1. The summed E-state index contributed by atoms with van der Waals surface area (Å²) in [5.41, 5.74) is 0.372. The molecule has 2 aromatic carbocycles. The van der Waals surface area contributed by atoms with E-state index in [9.17, 15) is 19.8 Å². The second-order valence-electron chi connectivity index (χ2n) is 5.91. The van der Waals surface area contributed by atoms with Gasteiger partial charge < -0.3 is 29.7 Å². The Labute approximate surface area is 176 Å². The molecule has 0 saturated carbocycles. The van der Waals surface area contributed by atoms with Crippen LogP contribution in [-0.4, -0.2) is 48.6 Å². The Morgan fingerprint density at radius 1 is 1.10 bits per heavy atom. The van der Waals surface area contributed by atoms with E-state index in [1.54, 1.807) is 18.2 Å². The predicted octanol–water partition coefficient (Wildman–Crippen LogP) is 3.01. The molecule has 3 N–H and O–H groups in total. The molecule has 0 bridgehead atoms. The number of amides is 1. The maximum absolute atomic E-state index is 12.3. The van der Waals surface area contributed by atoms with E-state index in [-0.39, 0.29) is 38.6 Å². The molecule has 9 nitrogen and oxygen atoms in total. The summed E-state index contributed by atoms with van der Waals surface area (Å²) in [7, 11) is 4.24. The highest BCUT2D eigenvalue weighted by atomic mass is 32.2. The molecule has 1 aliphatic heterocycles. The van der Waals surface area contributed by atoms with Crippen LogP contribution < -0.4 is 19.5 Å². The summed E-state index contributed by atoms with van der Waals surface area (Å²) in [5, 5.41) is 22.5. The van der Waals surface area contributed by atoms with E-state index in [2.05, 4.69) is 10.3 Å². The summed E-state index contributed by atoms with van der Waals surface area (Å²) < 4.78 is 15.4. The molecular weight excluding hydrogens is 412 g/mol. The normalized spacial score (nSPS) is 15.9. The van der Waals surface area contributed by atoms with Crippen LogP contribution >= 0.6 is 11.8 Å². The minimum Gasteiger partial charge on any atom is -0.504 e. The lowest BCUT2D eigenvalue weighted by molar-refractivity contribution is -0.115. The van der Waals surface area contributed by atoms with Crippen LogP contribution in [0.25, 0.3) is 6.08 Å². The van der Waals surface area contributed by atoms with Gasteiger partial charge in [0.25, 0.3) is 5.91 Å². The van der Waals surface area contributed by atoms with Gasteiger partial charge in [-0.25, -0.2) is 9.79 Å². The van der Waals surface area contributed by atoms with Crippen molar-refractivity contribution in [1.82, 2.24) is 5.32 Å². The van der Waals surface area contributed by atoms with Gasteiger partial charge in [0.15, 0.2) is 28.2 Å². The third-order valence-corrected chi connectivity index (χ3v) is 5.05. The number of carbonyl (C=O) groups excluding carboxylic acids is 1. The Balaban J connectivity index is 1.98. The average Bonchev–Trinajstić information content (AvgIpc) is 3.07. The fraction of sp³-hybridized carbons (Fsp3) is 0.150. The first-order chi connectivity index (χ1) is 14.4. The van der Waals surface area contributed by atoms with Crippen molar-refractivity contribution in [2.75, 3.05) is 21.3 Å². The summed E-state index contributed by atoms with van der Waals surface area (Å²) in [6, 6.07) is 7.62. The highest BCUT2D eigenvalue weighted by molar-refractivity contribution is 8.18. The zero-order valence-electron chi connectivity index (χ0n) is 16.3. The molecular formula is C20H18N2O7S. The van der Waals surface area contributed by atoms with E-state index in [1.165, 1.54) is 39.5 Å². The van der Waals surface area contributed by atoms with Crippen molar-refractivity contribution in [3.05, 3.63) is 46.4 Å². The molecule has 0 aromatic heterocycles. The molecule has 0 atom stereocenters. The fourth-order valence-electron chi connectivity index (χ4n) is 2.68. The van der Waals surface area contributed by atoms with Gasteiger partial charge >= 0.3 is 5.97 Å². The quantitative estimate of drug-likeness (QED) is 0.597. The van der Waals surface area contributed by atoms with Crippen LogP contribution in [0.2, 0.25) is 0 Å². The summed E-state index contributed by atoms with van der Waals surface area (Å²) in [4.78, 5) is 28.5. The van der Waals surface area contributed by atoms with Crippen LogP contribution in [0.4, 0.5) is 5.69 Å². The number of rotatable bonds is 6. The van der Waals surface area contributed by atoms with Crippen molar-refractivity contribution < 1.29 is 34.0 Å². The number of carboxylic acid groups (broad SMARTS) is 1. The Morgan fingerprint density at radius 3 is 2.40 bits per heavy atom. The first kappa shape index (κ1) is 21.1. The number of hydrogen-bond donors (Lipinski definition) is 3. The van der Waals surface area contributed by atoms with Crippen LogP contribution in [-0.2, 0) is 4.79 Å². The van der Waals surface area contributed by atoms with E-state index in [4.69, 9.17) is 14.2 Å². The Kier molecular flexibility index (Phi) is 6.17. The van der Waals surface area contributed by atoms with Crippen LogP contribution in [0.15, 0.2) is 40.2 Å². The SMILES string of the molecule is COc1cc(N=C2NC(=O)/C(=C/c3cccc(OC)c3O)S2)c(C(=O)O)cc1OC. The van der Waals surface area contributed by atoms with Crippen LogP contribution in [0.1, 0.15) is 15.9 Å². The number of hydrogen-bond acceptors (Lipinski definition) is 8. The number of benzene rings is 2. The number of nitrogens with one attached hydrogen (secondary N) is 1. The summed E-state index contributed by atoms with van der Waals surface area (Å²) in [6.07, 6.45) is 1.49. The van der Waals surface area contributed by atoms with Gasteiger partial charge in [0.2, 0.25) is 0 Å². The number of methoxy groups -OCH3 is 3. The van der Waals surface area contributed by atoms with Gasteiger partial charge in [-0.05, 0) is 23.9 Å². The Bertz CT molecular complexity index is 1080. The molecule has 0 unspecified atom stereocenters. The lowest BCUT2D eigenvalue weighted by Crippen LogP contribution is -2.19. The third kappa shape index (κ3) is 4.18. The predicted molar refractivity (Wildman–Crippen MR) is 112 cm³/mol. The van der Waals surface area contributed by atoms with Crippen molar-refractivity contribution in [2.24, 2.45) is 4.99 Å². The van der Waals surface area contributed by atoms with Gasteiger partial charge in [0, 0.05) is 17.7 Å². The van der Waals surface area contributed by atoms with Crippen molar-refractivity contribution in [3.63, 3.8) is 0 Å². The Morgan fingerprint density at radius 2 is 1.77 bits per heavy atom. The van der Waals surface area contributed by atoms with E-state index in [0.29, 0.717) is 11.3 Å². The minimum atomic E-state index is -1.21. The molecule has 1 amide bonds. The Hall–Kier alpha value is -3.66. The van der Waals surface area contributed by atoms with Crippen LogP contribution in [0.3, 0.4) is 0 Å². The number of amidine groups is 1. The molecule has 156 valence electrons. The number of para-hydroxylation sites is 1. The van der Waals surface area contributed by atoms with E-state index in [0.717, 1.165) is 11.8 Å². The smallest absolute Gasteiger partial charge is 0.338 e. The highest BCUT2D eigenvalue weighted by Crippen LogP contribution is 2.37. The van der Waals surface area contributed by atoms with E-state index >= 15 is 0 Å². The number of nitrogens with zero attached hydrogens (tertiary/aromatic N) is 1. The molecule has 0 spiro atoms. The molecule has 10 heteroatoms. The largest absolute Gasteiger partial charge is 0.504 e. The van der Waals surface area contributed by atoms with Gasteiger partial charge in [-0.1, -0.05) is 12.1 Å². The number of aliphatic imine (C=N–C) groups is 1. The van der Waals surface area contributed by atoms with Crippen molar-refractivity contribution in [1.29, 1.82) is 0 Å². The standard InChI is InChI=1S/C20H18N2O7S/c1-27-13-6-4-5-10(17(13)23)7-16-18(24)22-20(30-16)21-12-9-15(29-3)14(28-2)8-11(12)19(25)26/h4-9,23H,1-3H3,(H,25,26)(H,21,22,24)/b16-7-. The van der Waals surface area contributed by atoms with Crippen molar-refractivity contribution in [3.8, 4) is 23.0 Å². The number of ether oxygens (including phenoxy) is 3. The number of aromatic hydroxyl groups is 1. The van der Waals surface area contributed by atoms with Crippen LogP contribution in [0.5, 0.6) is 23.0 Å². The van der Waals surface area contributed by atoms with Crippen molar-refractivity contribution >= 4 is 40.6 Å². The lowest BCUT2D eigenvalue weighted by atomic mass is 10.1. The number of carbonyl (C=O) groups is 2. The van der Waals surface area contributed by atoms with E-state index in [1.807, 2.05) is 0 Å². The molecule has 1 aliphatic rings. The monoisotopic (exact) mass is 430 g/mol. The number of aromatic carboxylic acids is 1. The highest BCUT2D eigenvalue weighted by Gasteiger charge is 2.26. The lowest BCUT2D eigenvalue weighted by Gasteiger charge is -2.10. The molecule has 1 fully saturated rings. The van der Waals surface area contributed by atoms with Gasteiger partial charge in [0.1, 0.15) is 0 Å².